The van der Waals surface area contributed by atoms with Crippen molar-refractivity contribution in [2.45, 2.75) is 32.8 Å². The summed E-state index contributed by atoms with van der Waals surface area (Å²) in [5, 5.41) is 10.2. The van der Waals surface area contributed by atoms with Crippen LogP contribution >= 0.6 is 0 Å². The maximum Gasteiger partial charge on any atom is 0.263 e. The van der Waals surface area contributed by atoms with Crippen LogP contribution in [0.1, 0.15) is 40.3 Å². The van der Waals surface area contributed by atoms with Crippen molar-refractivity contribution < 1.29 is 13.9 Å². The highest BCUT2D eigenvalue weighted by Gasteiger charge is 2.11. The molecule has 20 heavy (non-hydrogen) atoms. The number of rotatable bonds is 4. The minimum Gasteiger partial charge on any atom is -0.388 e. The number of alkyl halides is 2. The average molecular weight is 276 g/mol. The lowest BCUT2D eigenvalue weighted by Crippen LogP contribution is -2.02. The summed E-state index contributed by atoms with van der Waals surface area (Å²) >= 11 is 0. The van der Waals surface area contributed by atoms with E-state index in [1.54, 1.807) is 12.1 Å². The van der Waals surface area contributed by atoms with Crippen LogP contribution in [0.25, 0.3) is 0 Å². The Balaban J connectivity index is 2.10. The van der Waals surface area contributed by atoms with Gasteiger partial charge in [0, 0.05) is 12.0 Å². The summed E-state index contributed by atoms with van der Waals surface area (Å²) in [6, 6.07) is 11.9. The van der Waals surface area contributed by atoms with Crippen molar-refractivity contribution in [2.24, 2.45) is 0 Å². The number of halogens is 2. The first-order chi connectivity index (χ1) is 9.47. The van der Waals surface area contributed by atoms with Gasteiger partial charge in [-0.25, -0.2) is 8.78 Å². The molecule has 0 saturated heterocycles. The van der Waals surface area contributed by atoms with E-state index in [9.17, 15) is 13.9 Å². The van der Waals surface area contributed by atoms with Crippen LogP contribution in [-0.4, -0.2) is 5.11 Å². The van der Waals surface area contributed by atoms with Gasteiger partial charge in [-0.3, -0.25) is 0 Å². The summed E-state index contributed by atoms with van der Waals surface area (Å²) in [6.07, 6.45) is -2.67. The molecule has 0 aliphatic rings. The summed E-state index contributed by atoms with van der Waals surface area (Å²) < 4.78 is 24.9. The average Bonchev–Trinajstić information content (AvgIpc) is 2.43. The molecule has 0 aliphatic heterocycles. The van der Waals surface area contributed by atoms with Crippen LogP contribution in [0.2, 0.25) is 0 Å². The minimum atomic E-state index is -2.47. The molecule has 0 radical (unpaired) electrons. The molecule has 0 heterocycles. The van der Waals surface area contributed by atoms with Crippen molar-refractivity contribution in [1.82, 2.24) is 0 Å². The fraction of sp³-hybridized carbons (Fsp3) is 0.294. The highest BCUT2D eigenvalue weighted by atomic mass is 19.3. The zero-order valence-corrected chi connectivity index (χ0v) is 11.6. The van der Waals surface area contributed by atoms with Crippen LogP contribution in [0, 0.1) is 13.8 Å². The SMILES string of the molecule is Cc1ccc(CC(O)c2ccc(C(F)F)cc2)cc1C. The number of aliphatic hydroxyl groups excluding tert-OH is 1. The second-order valence-electron chi connectivity index (χ2n) is 5.11. The second kappa shape index (κ2) is 6.14. The first-order valence-corrected chi connectivity index (χ1v) is 6.59. The fourth-order valence-electron chi connectivity index (χ4n) is 2.14. The van der Waals surface area contributed by atoms with Gasteiger partial charge in [0.05, 0.1) is 6.10 Å². The standard InChI is InChI=1S/C17H18F2O/c1-11-3-4-13(9-12(11)2)10-16(20)14-5-7-15(8-6-14)17(18)19/h3-9,16-17,20H,10H2,1-2H3. The molecule has 0 saturated carbocycles. The van der Waals surface area contributed by atoms with Crippen molar-refractivity contribution in [3.63, 3.8) is 0 Å². The third-order valence-electron chi connectivity index (χ3n) is 3.57. The van der Waals surface area contributed by atoms with Crippen LogP contribution in [0.5, 0.6) is 0 Å². The lowest BCUT2D eigenvalue weighted by molar-refractivity contribution is 0.151. The molecule has 0 amide bonds. The second-order valence-corrected chi connectivity index (χ2v) is 5.11. The first kappa shape index (κ1) is 14.7. The molecule has 2 aromatic carbocycles. The number of aliphatic hydroxyl groups is 1. The Morgan fingerprint density at radius 2 is 1.50 bits per heavy atom. The van der Waals surface area contributed by atoms with E-state index in [2.05, 4.69) is 0 Å². The van der Waals surface area contributed by atoms with Gasteiger partial charge in [-0.1, -0.05) is 42.5 Å². The number of benzene rings is 2. The van der Waals surface area contributed by atoms with Gasteiger partial charge in [-0.2, -0.15) is 0 Å². The van der Waals surface area contributed by atoms with E-state index in [1.807, 2.05) is 32.0 Å². The summed E-state index contributed by atoms with van der Waals surface area (Å²) in [7, 11) is 0. The van der Waals surface area contributed by atoms with Gasteiger partial charge in [0.25, 0.3) is 6.43 Å². The molecule has 0 aliphatic carbocycles. The maximum absolute atomic E-state index is 12.5. The molecule has 1 atom stereocenters. The number of aryl methyl sites for hydroxylation is 2. The molecule has 0 aromatic heterocycles. The van der Waals surface area contributed by atoms with Gasteiger partial charge < -0.3 is 5.11 Å². The molecule has 0 spiro atoms. The Kier molecular flexibility index (Phi) is 4.50. The van der Waals surface area contributed by atoms with E-state index < -0.39 is 12.5 Å². The summed E-state index contributed by atoms with van der Waals surface area (Å²) in [6.45, 7) is 4.07. The van der Waals surface area contributed by atoms with Crippen LogP contribution < -0.4 is 0 Å². The van der Waals surface area contributed by atoms with Crippen molar-refractivity contribution in [3.8, 4) is 0 Å². The lowest BCUT2D eigenvalue weighted by Gasteiger charge is -2.13. The maximum atomic E-state index is 12.5. The topological polar surface area (TPSA) is 20.2 Å². The summed E-state index contributed by atoms with van der Waals surface area (Å²) in [4.78, 5) is 0. The normalized spacial score (nSPS) is 12.7. The van der Waals surface area contributed by atoms with Crippen molar-refractivity contribution in [2.75, 3.05) is 0 Å². The van der Waals surface area contributed by atoms with Crippen molar-refractivity contribution in [3.05, 3.63) is 70.3 Å². The Bertz CT molecular complexity index is 576. The fourth-order valence-corrected chi connectivity index (χ4v) is 2.14. The van der Waals surface area contributed by atoms with E-state index in [1.165, 1.54) is 23.3 Å². The van der Waals surface area contributed by atoms with Gasteiger partial charge in [-0.05, 0) is 36.1 Å². The Morgan fingerprint density at radius 1 is 0.900 bits per heavy atom. The highest BCUT2D eigenvalue weighted by Crippen LogP contribution is 2.23. The minimum absolute atomic E-state index is 0.0212. The predicted molar refractivity (Wildman–Crippen MR) is 76.0 cm³/mol. The van der Waals surface area contributed by atoms with Gasteiger partial charge in [0.1, 0.15) is 0 Å². The smallest absolute Gasteiger partial charge is 0.263 e. The van der Waals surface area contributed by atoms with E-state index in [-0.39, 0.29) is 5.56 Å². The molecule has 2 rings (SSSR count). The van der Waals surface area contributed by atoms with Gasteiger partial charge >= 0.3 is 0 Å². The number of hydrogen-bond acceptors (Lipinski definition) is 1. The highest BCUT2D eigenvalue weighted by molar-refractivity contribution is 5.32. The Morgan fingerprint density at radius 3 is 2.05 bits per heavy atom. The van der Waals surface area contributed by atoms with Crippen LogP contribution in [-0.2, 0) is 6.42 Å². The zero-order chi connectivity index (χ0) is 14.7. The van der Waals surface area contributed by atoms with E-state index in [0.717, 1.165) is 5.56 Å². The van der Waals surface area contributed by atoms with Crippen molar-refractivity contribution >= 4 is 0 Å². The molecule has 3 heteroatoms. The monoisotopic (exact) mass is 276 g/mol. The first-order valence-electron chi connectivity index (χ1n) is 6.59. The summed E-state index contributed by atoms with van der Waals surface area (Å²) in [5.41, 5.74) is 4.07. The van der Waals surface area contributed by atoms with E-state index >= 15 is 0 Å². The quantitative estimate of drug-likeness (QED) is 0.870. The molecule has 1 N–H and O–H groups in total. The van der Waals surface area contributed by atoms with Crippen LogP contribution in [0.4, 0.5) is 8.78 Å². The Labute approximate surface area is 117 Å². The molecule has 0 bridgehead atoms. The predicted octanol–water partition coefficient (Wildman–Crippen LogP) is 4.52. The van der Waals surface area contributed by atoms with E-state index in [4.69, 9.17) is 0 Å². The van der Waals surface area contributed by atoms with Gasteiger partial charge in [0.15, 0.2) is 0 Å². The van der Waals surface area contributed by atoms with Gasteiger partial charge in [-0.15, -0.1) is 0 Å². The van der Waals surface area contributed by atoms with E-state index in [0.29, 0.717) is 12.0 Å². The van der Waals surface area contributed by atoms with Crippen LogP contribution in [0.3, 0.4) is 0 Å². The third-order valence-corrected chi connectivity index (χ3v) is 3.57. The van der Waals surface area contributed by atoms with Crippen molar-refractivity contribution in [1.29, 1.82) is 0 Å². The zero-order valence-electron chi connectivity index (χ0n) is 11.6. The molecule has 2 aromatic rings. The molecule has 1 nitrogen and oxygen atoms in total. The molecule has 106 valence electrons. The molecule has 1 unspecified atom stereocenters. The summed E-state index contributed by atoms with van der Waals surface area (Å²) in [5.74, 6) is 0. The van der Waals surface area contributed by atoms with Crippen LogP contribution in [0.15, 0.2) is 42.5 Å². The molecular weight excluding hydrogens is 258 g/mol. The Hall–Kier alpha value is -1.74. The lowest BCUT2D eigenvalue weighted by atomic mass is 9.98. The molecular formula is C17H18F2O. The largest absolute Gasteiger partial charge is 0.388 e. The van der Waals surface area contributed by atoms with Gasteiger partial charge in [0.2, 0.25) is 0 Å². The third kappa shape index (κ3) is 3.42. The molecule has 0 fully saturated rings. The number of hydrogen-bond donors (Lipinski definition) is 1.